The van der Waals surface area contributed by atoms with E-state index in [1.165, 1.54) is 18.0 Å². The normalized spacial score (nSPS) is 13.0. The first kappa shape index (κ1) is 19.0. The zero-order valence-electron chi connectivity index (χ0n) is 17.1. The van der Waals surface area contributed by atoms with Gasteiger partial charge in [0, 0.05) is 24.3 Å². The third kappa shape index (κ3) is 3.90. The van der Waals surface area contributed by atoms with Gasteiger partial charge in [-0.2, -0.15) is 0 Å². The molecular weight excluding hydrogens is 390 g/mol. The number of aromatic nitrogens is 4. The lowest BCUT2D eigenvalue weighted by molar-refractivity contribution is 0.0725. The minimum Gasteiger partial charge on any atom is -0.438 e. The molecule has 0 spiro atoms. The average Bonchev–Trinajstić information content (AvgIpc) is 3.24. The zero-order valence-corrected chi connectivity index (χ0v) is 17.1. The van der Waals surface area contributed by atoms with Crippen LogP contribution in [-0.2, 0) is 13.0 Å². The number of amides is 1. The molecule has 4 aromatic rings. The molecule has 0 saturated heterocycles. The van der Waals surface area contributed by atoms with Crippen LogP contribution in [0, 0.1) is 6.92 Å². The number of aryl methyl sites for hydroxylation is 1. The predicted octanol–water partition coefficient (Wildman–Crippen LogP) is 3.96. The quantitative estimate of drug-likeness (QED) is 0.508. The Bertz CT molecular complexity index is 1200. The second-order valence-electron chi connectivity index (χ2n) is 7.48. The summed E-state index contributed by atoms with van der Waals surface area (Å²) in [5, 5.41) is 0. The summed E-state index contributed by atoms with van der Waals surface area (Å²) in [7, 11) is 0. The maximum absolute atomic E-state index is 12.9. The molecule has 0 fully saturated rings. The van der Waals surface area contributed by atoms with Crippen LogP contribution in [0.25, 0.3) is 5.69 Å². The number of para-hydroxylation sites is 1. The van der Waals surface area contributed by atoms with Crippen LogP contribution in [0.4, 0.5) is 0 Å². The number of rotatable bonds is 4. The Balaban J connectivity index is 1.29. The largest absolute Gasteiger partial charge is 0.438 e. The van der Waals surface area contributed by atoms with Gasteiger partial charge in [-0.1, -0.05) is 35.9 Å². The van der Waals surface area contributed by atoms with Crippen molar-refractivity contribution in [2.24, 2.45) is 0 Å². The van der Waals surface area contributed by atoms with Crippen LogP contribution in [0.15, 0.2) is 73.3 Å². The highest BCUT2D eigenvalue weighted by atomic mass is 16.5. The Kier molecular flexibility index (Phi) is 4.92. The molecule has 3 heterocycles. The van der Waals surface area contributed by atoms with E-state index in [9.17, 15) is 4.79 Å². The summed E-state index contributed by atoms with van der Waals surface area (Å²) in [4.78, 5) is 27.8. The van der Waals surface area contributed by atoms with E-state index in [2.05, 4.69) is 50.7 Å². The van der Waals surface area contributed by atoms with Crippen molar-refractivity contribution in [3.8, 4) is 17.3 Å². The van der Waals surface area contributed by atoms with E-state index in [1.807, 2.05) is 36.7 Å². The highest BCUT2D eigenvalue weighted by Crippen LogP contribution is 2.23. The summed E-state index contributed by atoms with van der Waals surface area (Å²) in [6.07, 6.45) is 5.50. The van der Waals surface area contributed by atoms with Gasteiger partial charge < -0.3 is 14.2 Å². The molecule has 0 atom stereocenters. The summed E-state index contributed by atoms with van der Waals surface area (Å²) in [6, 6.07) is 17.7. The maximum atomic E-state index is 12.9. The van der Waals surface area contributed by atoms with Gasteiger partial charge in [0.05, 0.1) is 31.0 Å². The van der Waals surface area contributed by atoms with E-state index in [1.54, 1.807) is 4.90 Å². The number of fused-ring (bicyclic) bond motifs is 1. The molecule has 1 amide bonds. The van der Waals surface area contributed by atoms with Gasteiger partial charge in [0.25, 0.3) is 5.91 Å². The number of carbonyl (C=O) groups excluding carboxylic acids is 1. The Labute approximate surface area is 180 Å². The molecule has 1 aliphatic rings. The molecule has 0 radical (unpaired) electrons. The van der Waals surface area contributed by atoms with E-state index in [0.29, 0.717) is 30.4 Å². The molecule has 7 heteroatoms. The first-order valence-electron chi connectivity index (χ1n) is 10.1. The second-order valence-corrected chi connectivity index (χ2v) is 7.48. The molecule has 31 heavy (non-hydrogen) atoms. The Morgan fingerprint density at radius 2 is 1.77 bits per heavy atom. The van der Waals surface area contributed by atoms with Gasteiger partial charge in [0.1, 0.15) is 11.4 Å². The maximum Gasteiger partial charge on any atom is 0.274 e. The first-order chi connectivity index (χ1) is 15.2. The summed E-state index contributed by atoms with van der Waals surface area (Å²) in [5.74, 6) is 0.860. The predicted molar refractivity (Wildman–Crippen MR) is 115 cm³/mol. The van der Waals surface area contributed by atoms with Gasteiger partial charge >= 0.3 is 0 Å². The third-order valence-corrected chi connectivity index (χ3v) is 5.32. The molecule has 2 aromatic carbocycles. The highest BCUT2D eigenvalue weighted by molar-refractivity contribution is 5.92. The van der Waals surface area contributed by atoms with Crippen LogP contribution < -0.4 is 4.74 Å². The monoisotopic (exact) mass is 411 g/mol. The molecule has 5 rings (SSSR count). The Morgan fingerprint density at radius 1 is 0.968 bits per heavy atom. The van der Waals surface area contributed by atoms with Crippen molar-refractivity contribution in [3.63, 3.8) is 0 Å². The molecule has 1 aliphatic heterocycles. The molecule has 2 aromatic heterocycles. The fourth-order valence-electron chi connectivity index (χ4n) is 3.66. The summed E-state index contributed by atoms with van der Waals surface area (Å²) in [6.45, 7) is 3.13. The summed E-state index contributed by atoms with van der Waals surface area (Å²) in [5.41, 5.74) is 4.65. The van der Waals surface area contributed by atoms with Crippen LogP contribution in [0.1, 0.15) is 27.4 Å². The Morgan fingerprint density at radius 3 is 2.52 bits per heavy atom. The van der Waals surface area contributed by atoms with Crippen LogP contribution in [-0.4, -0.2) is 36.9 Å². The lowest BCUT2D eigenvalue weighted by Crippen LogP contribution is -2.37. The van der Waals surface area contributed by atoms with E-state index in [4.69, 9.17) is 4.74 Å². The lowest BCUT2D eigenvalue weighted by atomic mass is 10.1. The van der Waals surface area contributed by atoms with E-state index in [0.717, 1.165) is 23.5 Å². The van der Waals surface area contributed by atoms with Crippen LogP contribution in [0.3, 0.4) is 0 Å². The van der Waals surface area contributed by atoms with Gasteiger partial charge in [-0.05, 0) is 31.2 Å². The van der Waals surface area contributed by atoms with Crippen molar-refractivity contribution in [3.05, 3.63) is 96.0 Å². The van der Waals surface area contributed by atoms with Crippen LogP contribution >= 0.6 is 0 Å². The van der Waals surface area contributed by atoms with E-state index in [-0.39, 0.29) is 5.91 Å². The van der Waals surface area contributed by atoms with Crippen molar-refractivity contribution < 1.29 is 9.53 Å². The van der Waals surface area contributed by atoms with Crippen molar-refractivity contribution in [2.75, 3.05) is 6.54 Å². The zero-order chi connectivity index (χ0) is 21.2. The molecule has 7 nitrogen and oxygen atoms in total. The fraction of sp³-hybridized carbons (Fsp3) is 0.167. The smallest absolute Gasteiger partial charge is 0.274 e. The first-order valence-corrected chi connectivity index (χ1v) is 10.1. The molecule has 0 aliphatic carbocycles. The van der Waals surface area contributed by atoms with Crippen LogP contribution in [0.2, 0.25) is 0 Å². The topological polar surface area (TPSA) is 73.1 Å². The molecule has 0 N–H and O–H groups in total. The SMILES string of the molecule is Cc1ccc(-n2cnc3c2CCN(C(=O)c2cnc(Oc4ccccc4)cn2)C3)cc1. The number of ether oxygens (including phenoxy) is 1. The number of carbonyl (C=O) groups is 1. The van der Waals surface area contributed by atoms with Gasteiger partial charge in [-0.25, -0.2) is 15.0 Å². The Hall–Kier alpha value is -4.00. The number of hydrogen-bond donors (Lipinski definition) is 0. The highest BCUT2D eigenvalue weighted by Gasteiger charge is 2.26. The van der Waals surface area contributed by atoms with Gasteiger partial charge in [0.15, 0.2) is 0 Å². The third-order valence-electron chi connectivity index (χ3n) is 5.32. The summed E-state index contributed by atoms with van der Waals surface area (Å²) >= 11 is 0. The van der Waals surface area contributed by atoms with E-state index < -0.39 is 0 Å². The number of benzene rings is 2. The van der Waals surface area contributed by atoms with Gasteiger partial charge in [0.2, 0.25) is 5.88 Å². The number of hydrogen-bond acceptors (Lipinski definition) is 5. The standard InChI is InChI=1S/C24H21N5O2/c1-17-7-9-18(10-8-17)29-16-27-21-15-28(12-11-22(21)29)24(30)20-13-26-23(14-25-20)31-19-5-3-2-4-6-19/h2-10,13-14,16H,11-12,15H2,1H3. The van der Waals surface area contributed by atoms with Gasteiger partial charge in [-0.15, -0.1) is 0 Å². The van der Waals surface area contributed by atoms with Gasteiger partial charge in [-0.3, -0.25) is 4.79 Å². The molecule has 0 saturated carbocycles. The minimum atomic E-state index is -0.158. The lowest BCUT2D eigenvalue weighted by Gasteiger charge is -2.26. The minimum absolute atomic E-state index is 0.158. The van der Waals surface area contributed by atoms with Crippen molar-refractivity contribution in [1.29, 1.82) is 0 Å². The average molecular weight is 411 g/mol. The van der Waals surface area contributed by atoms with Crippen molar-refractivity contribution in [1.82, 2.24) is 24.4 Å². The molecule has 0 unspecified atom stereocenters. The van der Waals surface area contributed by atoms with Crippen molar-refractivity contribution >= 4 is 5.91 Å². The molecular formula is C24H21N5O2. The summed E-state index contributed by atoms with van der Waals surface area (Å²) < 4.78 is 7.75. The number of nitrogens with zero attached hydrogens (tertiary/aromatic N) is 5. The number of imidazole rings is 1. The second kappa shape index (κ2) is 8.02. The molecule has 0 bridgehead atoms. The van der Waals surface area contributed by atoms with E-state index >= 15 is 0 Å². The van der Waals surface area contributed by atoms with Crippen LogP contribution in [0.5, 0.6) is 11.6 Å². The van der Waals surface area contributed by atoms with Crippen molar-refractivity contribution in [2.45, 2.75) is 19.9 Å². The fourth-order valence-corrected chi connectivity index (χ4v) is 3.66. The molecule has 154 valence electrons.